The second-order valence-electron chi connectivity index (χ2n) is 4.01. The number of hydrogen-bond acceptors (Lipinski definition) is 4. The summed E-state index contributed by atoms with van der Waals surface area (Å²) in [7, 11) is 0. The monoisotopic (exact) mass is 276 g/mol. The van der Waals surface area contributed by atoms with Crippen LogP contribution in [0.3, 0.4) is 0 Å². The molecule has 19 heavy (non-hydrogen) atoms. The zero-order valence-corrected chi connectivity index (χ0v) is 11.6. The van der Waals surface area contributed by atoms with E-state index < -0.39 is 0 Å². The van der Waals surface area contributed by atoms with Crippen molar-refractivity contribution in [2.45, 2.75) is 13.0 Å². The van der Waals surface area contributed by atoms with Gasteiger partial charge in [-0.2, -0.15) is 11.8 Å². The molecule has 0 saturated carbocycles. The molecule has 6 heteroatoms. The summed E-state index contributed by atoms with van der Waals surface area (Å²) in [5.41, 5.74) is 1.02. The van der Waals surface area contributed by atoms with Crippen LogP contribution in [0.15, 0.2) is 37.1 Å². The number of rotatable bonds is 6. The first-order valence-corrected chi connectivity index (χ1v) is 7.38. The normalized spacial score (nSPS) is 10.4. The number of thioether (sulfide) groups is 1. The van der Waals surface area contributed by atoms with Gasteiger partial charge < -0.3 is 5.32 Å². The third-order valence-electron chi connectivity index (χ3n) is 2.60. The largest absolute Gasteiger partial charge is 0.352 e. The highest BCUT2D eigenvalue weighted by Gasteiger charge is 2.02. The van der Waals surface area contributed by atoms with Crippen molar-refractivity contribution < 1.29 is 4.79 Å². The van der Waals surface area contributed by atoms with Crippen LogP contribution >= 0.6 is 11.8 Å². The first kappa shape index (κ1) is 13.6. The van der Waals surface area contributed by atoms with Gasteiger partial charge in [-0.1, -0.05) is 0 Å². The number of imidazole rings is 1. The summed E-state index contributed by atoms with van der Waals surface area (Å²) in [6, 6.07) is 3.84. The highest BCUT2D eigenvalue weighted by molar-refractivity contribution is 7.98. The lowest BCUT2D eigenvalue weighted by Crippen LogP contribution is -2.23. The highest BCUT2D eigenvalue weighted by atomic mass is 32.2. The molecule has 2 heterocycles. The quantitative estimate of drug-likeness (QED) is 0.871. The Morgan fingerprint density at radius 3 is 3.11 bits per heavy atom. The molecule has 0 fully saturated rings. The van der Waals surface area contributed by atoms with E-state index in [0.29, 0.717) is 13.0 Å². The van der Waals surface area contributed by atoms with Crippen LogP contribution in [0.4, 0.5) is 0 Å². The van der Waals surface area contributed by atoms with Gasteiger partial charge in [0.1, 0.15) is 12.1 Å². The van der Waals surface area contributed by atoms with Gasteiger partial charge in [-0.25, -0.2) is 9.97 Å². The van der Waals surface area contributed by atoms with Crippen molar-refractivity contribution in [2.24, 2.45) is 0 Å². The zero-order valence-electron chi connectivity index (χ0n) is 10.7. The van der Waals surface area contributed by atoms with Crippen LogP contribution in [0.5, 0.6) is 0 Å². The van der Waals surface area contributed by atoms with E-state index in [9.17, 15) is 4.79 Å². The highest BCUT2D eigenvalue weighted by Crippen LogP contribution is 2.06. The molecule has 0 aliphatic carbocycles. The van der Waals surface area contributed by atoms with Gasteiger partial charge in [-0.05, 0) is 24.0 Å². The predicted octanol–water partition coefficient (Wildman–Crippen LogP) is 1.64. The lowest BCUT2D eigenvalue weighted by atomic mass is 10.2. The molecule has 0 aromatic carbocycles. The number of aromatic nitrogens is 3. The molecule has 5 nitrogen and oxygen atoms in total. The molecule has 1 amide bonds. The minimum atomic E-state index is 0.0790. The van der Waals surface area contributed by atoms with E-state index >= 15 is 0 Å². The third-order valence-corrected chi connectivity index (χ3v) is 3.21. The maximum Gasteiger partial charge on any atom is 0.221 e. The zero-order chi connectivity index (χ0) is 13.5. The lowest BCUT2D eigenvalue weighted by Gasteiger charge is -2.07. The van der Waals surface area contributed by atoms with E-state index in [0.717, 1.165) is 17.1 Å². The van der Waals surface area contributed by atoms with E-state index in [-0.39, 0.29) is 5.91 Å². The summed E-state index contributed by atoms with van der Waals surface area (Å²) in [5, 5.41) is 2.90. The van der Waals surface area contributed by atoms with Crippen molar-refractivity contribution in [2.75, 3.05) is 12.0 Å². The Bertz CT molecular complexity index is 527. The van der Waals surface area contributed by atoms with Crippen molar-refractivity contribution >= 4 is 17.7 Å². The first-order valence-electron chi connectivity index (χ1n) is 5.98. The average Bonchev–Trinajstić information content (AvgIpc) is 2.97. The molecule has 100 valence electrons. The Morgan fingerprint density at radius 2 is 2.37 bits per heavy atom. The number of nitrogens with zero attached hydrogens (tertiary/aromatic N) is 3. The molecule has 0 spiro atoms. The minimum Gasteiger partial charge on any atom is -0.352 e. The standard InChI is InChI=1S/C13H16N4OS/c1-19-7-3-13(18)16-9-11-2-4-15-12(8-11)17-6-5-14-10-17/h2,4-6,8,10H,3,7,9H2,1H3,(H,16,18). The fourth-order valence-electron chi connectivity index (χ4n) is 1.59. The molecule has 2 aromatic rings. The van der Waals surface area contributed by atoms with Crippen LogP contribution in [0.1, 0.15) is 12.0 Å². The molecular formula is C13H16N4OS. The topological polar surface area (TPSA) is 59.8 Å². The maximum absolute atomic E-state index is 11.5. The Labute approximate surface area is 116 Å². The summed E-state index contributed by atoms with van der Waals surface area (Å²) in [5.74, 6) is 1.73. The number of carbonyl (C=O) groups excluding carboxylic acids is 1. The predicted molar refractivity (Wildman–Crippen MR) is 76.2 cm³/mol. The van der Waals surface area contributed by atoms with Crippen LogP contribution in [0, 0.1) is 0 Å². The summed E-state index contributed by atoms with van der Waals surface area (Å²) in [6.45, 7) is 0.525. The summed E-state index contributed by atoms with van der Waals surface area (Å²) < 4.78 is 1.83. The molecule has 2 rings (SSSR count). The molecule has 0 bridgehead atoms. The van der Waals surface area contributed by atoms with E-state index in [1.165, 1.54) is 0 Å². The molecule has 0 radical (unpaired) electrons. The molecule has 2 aromatic heterocycles. The fraction of sp³-hybridized carbons (Fsp3) is 0.308. The Balaban J connectivity index is 1.94. The first-order chi connectivity index (χ1) is 9.29. The Kier molecular flexibility index (Phi) is 4.97. The fourth-order valence-corrected chi connectivity index (χ4v) is 1.98. The summed E-state index contributed by atoms with van der Waals surface area (Å²) in [6.07, 6.45) is 9.53. The van der Waals surface area contributed by atoms with E-state index in [1.54, 1.807) is 30.5 Å². The van der Waals surface area contributed by atoms with Gasteiger partial charge in [0.25, 0.3) is 0 Å². The minimum absolute atomic E-state index is 0.0790. The number of nitrogens with one attached hydrogen (secondary N) is 1. The van der Waals surface area contributed by atoms with Gasteiger partial charge in [0, 0.05) is 37.3 Å². The second kappa shape index (κ2) is 6.94. The Morgan fingerprint density at radius 1 is 1.47 bits per heavy atom. The molecular weight excluding hydrogens is 260 g/mol. The second-order valence-corrected chi connectivity index (χ2v) is 5.00. The number of pyridine rings is 1. The SMILES string of the molecule is CSCCC(=O)NCc1ccnc(-n2ccnc2)c1. The molecule has 0 aliphatic rings. The van der Waals surface area contributed by atoms with E-state index in [2.05, 4.69) is 15.3 Å². The van der Waals surface area contributed by atoms with Crippen molar-refractivity contribution in [3.05, 3.63) is 42.6 Å². The van der Waals surface area contributed by atoms with Crippen molar-refractivity contribution in [3.8, 4) is 5.82 Å². The van der Waals surface area contributed by atoms with Crippen molar-refractivity contribution in [1.29, 1.82) is 0 Å². The van der Waals surface area contributed by atoms with E-state index in [4.69, 9.17) is 0 Å². The smallest absolute Gasteiger partial charge is 0.221 e. The number of amides is 1. The maximum atomic E-state index is 11.5. The van der Waals surface area contributed by atoms with Gasteiger partial charge >= 0.3 is 0 Å². The van der Waals surface area contributed by atoms with Crippen molar-refractivity contribution in [3.63, 3.8) is 0 Å². The van der Waals surface area contributed by atoms with Crippen LogP contribution in [0.25, 0.3) is 5.82 Å². The summed E-state index contributed by atoms with van der Waals surface area (Å²) >= 11 is 1.67. The number of hydrogen-bond donors (Lipinski definition) is 1. The van der Waals surface area contributed by atoms with Crippen LogP contribution in [-0.2, 0) is 11.3 Å². The molecule has 0 atom stereocenters. The van der Waals surface area contributed by atoms with Gasteiger partial charge in [0.15, 0.2) is 0 Å². The van der Waals surface area contributed by atoms with Crippen LogP contribution < -0.4 is 5.32 Å². The average molecular weight is 276 g/mol. The molecule has 0 aliphatic heterocycles. The van der Waals surface area contributed by atoms with Crippen molar-refractivity contribution in [1.82, 2.24) is 19.9 Å². The summed E-state index contributed by atoms with van der Waals surface area (Å²) in [4.78, 5) is 19.8. The van der Waals surface area contributed by atoms with Gasteiger partial charge in [0.05, 0.1) is 0 Å². The van der Waals surface area contributed by atoms with Crippen LogP contribution in [-0.4, -0.2) is 32.5 Å². The van der Waals surface area contributed by atoms with Gasteiger partial charge in [-0.15, -0.1) is 0 Å². The molecule has 0 saturated heterocycles. The molecule has 0 unspecified atom stereocenters. The lowest BCUT2D eigenvalue weighted by molar-refractivity contribution is -0.120. The van der Waals surface area contributed by atoms with E-state index in [1.807, 2.05) is 29.2 Å². The number of carbonyl (C=O) groups is 1. The van der Waals surface area contributed by atoms with Gasteiger partial charge in [-0.3, -0.25) is 9.36 Å². The van der Waals surface area contributed by atoms with Crippen LogP contribution in [0.2, 0.25) is 0 Å². The Hall–Kier alpha value is -1.82. The van der Waals surface area contributed by atoms with Gasteiger partial charge in [0.2, 0.25) is 5.91 Å². The third kappa shape index (κ3) is 4.10. The molecule has 1 N–H and O–H groups in total.